The van der Waals surface area contributed by atoms with Gasteiger partial charge in [-0.15, -0.1) is 0 Å². The molecule has 208 valence electrons. The second-order valence-electron chi connectivity index (χ2n) is 9.25. The predicted molar refractivity (Wildman–Crippen MR) is 148 cm³/mol. The third-order valence-corrected chi connectivity index (χ3v) is 8.35. The van der Waals surface area contributed by atoms with Gasteiger partial charge in [0.05, 0.1) is 11.4 Å². The van der Waals surface area contributed by atoms with Crippen LogP contribution in [0.3, 0.4) is 0 Å². The lowest BCUT2D eigenvalue weighted by Crippen LogP contribution is -2.52. The van der Waals surface area contributed by atoms with E-state index in [1.165, 1.54) is 11.8 Å². The molecule has 2 amide bonds. The number of hydrogen-bond acceptors (Lipinski definition) is 6. The summed E-state index contributed by atoms with van der Waals surface area (Å²) in [6, 6.07) is 11.7. The molecular weight excluding hydrogens is 506 g/mol. The summed E-state index contributed by atoms with van der Waals surface area (Å²) in [5, 5.41) is 2.94. The number of ether oxygens (including phenoxy) is 2. The highest BCUT2D eigenvalue weighted by atomic mass is 32.2. The number of hydrogen-bond donors (Lipinski definition) is 1. The fourth-order valence-corrected chi connectivity index (χ4v) is 5.36. The van der Waals surface area contributed by atoms with E-state index >= 15 is 0 Å². The van der Waals surface area contributed by atoms with E-state index in [0.29, 0.717) is 43.4 Å². The highest BCUT2D eigenvalue weighted by Crippen LogP contribution is 2.35. The topological polar surface area (TPSA) is 105 Å². The average Bonchev–Trinajstić information content (AvgIpc) is 2.92. The maximum Gasteiger partial charge on any atom is 0.244 e. The van der Waals surface area contributed by atoms with Crippen LogP contribution in [0.5, 0.6) is 11.5 Å². The molecule has 2 aromatic carbocycles. The zero-order valence-electron chi connectivity index (χ0n) is 22.7. The number of benzene rings is 2. The maximum atomic E-state index is 13.9. The Bertz CT molecular complexity index is 1220. The molecule has 0 unspecified atom stereocenters. The average molecular weight is 546 g/mol. The van der Waals surface area contributed by atoms with Gasteiger partial charge >= 0.3 is 0 Å². The lowest BCUT2D eigenvalue weighted by atomic mass is 10.1. The molecular formula is C28H39N3O6S. The fourth-order valence-electron chi connectivity index (χ4n) is 4.30. The Morgan fingerprint density at radius 1 is 1.03 bits per heavy atom. The molecule has 10 heteroatoms. The number of rotatable bonds is 13. The molecule has 0 spiro atoms. The van der Waals surface area contributed by atoms with E-state index in [4.69, 9.17) is 9.47 Å². The molecule has 3 rings (SSSR count). The van der Waals surface area contributed by atoms with Crippen LogP contribution in [0.1, 0.15) is 51.2 Å². The number of nitrogens with zero attached hydrogens (tertiary/aromatic N) is 2. The second kappa shape index (κ2) is 13.5. The van der Waals surface area contributed by atoms with Crippen LogP contribution in [-0.2, 0) is 26.2 Å². The number of carbonyl (C=O) groups is 2. The highest BCUT2D eigenvalue weighted by Gasteiger charge is 2.33. The lowest BCUT2D eigenvalue weighted by Gasteiger charge is -2.33. The predicted octanol–water partition coefficient (Wildman–Crippen LogP) is 3.65. The van der Waals surface area contributed by atoms with Crippen LogP contribution in [0.25, 0.3) is 0 Å². The molecule has 0 bridgehead atoms. The first-order valence-electron chi connectivity index (χ1n) is 13.2. The Kier molecular flexibility index (Phi) is 10.4. The van der Waals surface area contributed by atoms with Gasteiger partial charge in [0.2, 0.25) is 21.8 Å². The van der Waals surface area contributed by atoms with Crippen LogP contribution in [0.4, 0.5) is 5.69 Å². The third kappa shape index (κ3) is 7.18. The van der Waals surface area contributed by atoms with Gasteiger partial charge in [-0.05, 0) is 49.9 Å². The molecule has 1 heterocycles. The van der Waals surface area contributed by atoms with E-state index in [1.54, 1.807) is 18.2 Å². The van der Waals surface area contributed by atoms with E-state index in [1.807, 2.05) is 45.0 Å². The minimum absolute atomic E-state index is 0.187. The smallest absolute Gasteiger partial charge is 0.244 e. The number of anilines is 1. The maximum absolute atomic E-state index is 13.9. The minimum atomic E-state index is -3.83. The minimum Gasteiger partial charge on any atom is -0.486 e. The van der Waals surface area contributed by atoms with E-state index < -0.39 is 28.5 Å². The number of fused-ring (bicyclic) bond motifs is 1. The van der Waals surface area contributed by atoms with Gasteiger partial charge in [0, 0.05) is 19.2 Å². The SMILES string of the molecule is CCCCNC(=O)[C@H](CC)N(Cc1ccccc1C)C(=O)CN(c1ccc2c(c1)OCCO2)S(=O)(=O)CC. The van der Waals surface area contributed by atoms with Crippen LogP contribution >= 0.6 is 0 Å². The van der Waals surface area contributed by atoms with Crippen molar-refractivity contribution < 1.29 is 27.5 Å². The Hall–Kier alpha value is -3.27. The Balaban J connectivity index is 1.96. The van der Waals surface area contributed by atoms with Gasteiger partial charge in [-0.25, -0.2) is 8.42 Å². The standard InChI is InChI=1S/C28H39N3O6S/c1-5-8-15-29-28(33)24(6-2)30(19-22-12-10-9-11-21(22)4)27(32)20-31(38(34,35)7-3)23-13-14-25-26(18-23)37-17-16-36-25/h9-14,18,24H,5-8,15-17,19-20H2,1-4H3,(H,29,33)/t24-/m0/s1. The van der Waals surface area contributed by atoms with Gasteiger partial charge in [0.25, 0.3) is 0 Å². The van der Waals surface area contributed by atoms with Crippen molar-refractivity contribution in [2.24, 2.45) is 0 Å². The quantitative estimate of drug-likeness (QED) is 0.385. The molecule has 0 aliphatic carbocycles. The first-order valence-corrected chi connectivity index (χ1v) is 14.8. The fraction of sp³-hybridized carbons (Fsp3) is 0.500. The number of aryl methyl sites for hydroxylation is 1. The van der Waals surface area contributed by atoms with Crippen molar-refractivity contribution in [3.05, 3.63) is 53.6 Å². The van der Waals surface area contributed by atoms with Gasteiger partial charge in [-0.2, -0.15) is 0 Å². The Morgan fingerprint density at radius 2 is 1.74 bits per heavy atom. The van der Waals surface area contributed by atoms with Crippen LogP contribution in [0.15, 0.2) is 42.5 Å². The molecule has 2 aromatic rings. The summed E-state index contributed by atoms with van der Waals surface area (Å²) in [6.07, 6.45) is 2.16. The Morgan fingerprint density at radius 3 is 2.39 bits per heavy atom. The summed E-state index contributed by atoms with van der Waals surface area (Å²) in [5.41, 5.74) is 2.18. The molecule has 0 radical (unpaired) electrons. The molecule has 0 saturated carbocycles. The van der Waals surface area contributed by atoms with E-state index in [-0.39, 0.29) is 18.2 Å². The summed E-state index contributed by atoms with van der Waals surface area (Å²) in [5.74, 6) is 0.0539. The first-order chi connectivity index (χ1) is 18.2. The summed E-state index contributed by atoms with van der Waals surface area (Å²) in [7, 11) is -3.83. The molecule has 1 aliphatic heterocycles. The number of unbranched alkanes of at least 4 members (excludes halogenated alkanes) is 1. The third-order valence-electron chi connectivity index (χ3n) is 6.61. The summed E-state index contributed by atoms with van der Waals surface area (Å²) >= 11 is 0. The largest absolute Gasteiger partial charge is 0.486 e. The number of sulfonamides is 1. The molecule has 38 heavy (non-hydrogen) atoms. The summed E-state index contributed by atoms with van der Waals surface area (Å²) in [6.45, 7) is 8.40. The van der Waals surface area contributed by atoms with Crippen molar-refractivity contribution >= 4 is 27.5 Å². The van der Waals surface area contributed by atoms with Crippen LogP contribution in [0.2, 0.25) is 0 Å². The molecule has 9 nitrogen and oxygen atoms in total. The number of carbonyl (C=O) groups excluding carboxylic acids is 2. The Labute approximate surface area is 226 Å². The van der Waals surface area contributed by atoms with Gasteiger partial charge < -0.3 is 19.7 Å². The van der Waals surface area contributed by atoms with Gasteiger partial charge in [-0.3, -0.25) is 13.9 Å². The van der Waals surface area contributed by atoms with Crippen molar-refractivity contribution in [2.45, 2.75) is 59.5 Å². The molecule has 0 aromatic heterocycles. The number of amides is 2. The summed E-state index contributed by atoms with van der Waals surface area (Å²) < 4.78 is 38.7. The normalized spacial score (nSPS) is 13.5. The van der Waals surface area contributed by atoms with Crippen molar-refractivity contribution in [1.82, 2.24) is 10.2 Å². The number of nitrogens with one attached hydrogen (secondary N) is 1. The van der Waals surface area contributed by atoms with Crippen LogP contribution in [-0.4, -0.2) is 63.2 Å². The summed E-state index contributed by atoms with van der Waals surface area (Å²) in [4.78, 5) is 28.6. The zero-order valence-corrected chi connectivity index (χ0v) is 23.6. The van der Waals surface area contributed by atoms with Gasteiger partial charge in [0.15, 0.2) is 11.5 Å². The van der Waals surface area contributed by atoms with Crippen LogP contribution < -0.4 is 19.1 Å². The van der Waals surface area contributed by atoms with E-state index in [0.717, 1.165) is 28.3 Å². The highest BCUT2D eigenvalue weighted by molar-refractivity contribution is 7.92. The van der Waals surface area contributed by atoms with Crippen molar-refractivity contribution in [1.29, 1.82) is 0 Å². The molecule has 1 N–H and O–H groups in total. The molecule has 0 saturated heterocycles. The van der Waals surface area contributed by atoms with Crippen molar-refractivity contribution in [3.8, 4) is 11.5 Å². The zero-order chi connectivity index (χ0) is 27.7. The monoisotopic (exact) mass is 545 g/mol. The lowest BCUT2D eigenvalue weighted by molar-refractivity contribution is -0.140. The first kappa shape index (κ1) is 29.3. The van der Waals surface area contributed by atoms with E-state index in [9.17, 15) is 18.0 Å². The van der Waals surface area contributed by atoms with Crippen molar-refractivity contribution in [2.75, 3.05) is 36.4 Å². The van der Waals surface area contributed by atoms with Gasteiger partial charge in [-0.1, -0.05) is 44.5 Å². The van der Waals surface area contributed by atoms with E-state index in [2.05, 4.69) is 5.32 Å². The second-order valence-corrected chi connectivity index (χ2v) is 11.4. The van der Waals surface area contributed by atoms with Crippen LogP contribution in [0, 0.1) is 6.92 Å². The molecule has 0 fully saturated rings. The van der Waals surface area contributed by atoms with Crippen molar-refractivity contribution in [3.63, 3.8) is 0 Å². The van der Waals surface area contributed by atoms with Gasteiger partial charge in [0.1, 0.15) is 25.8 Å². The molecule has 1 aliphatic rings. The molecule has 1 atom stereocenters.